The summed E-state index contributed by atoms with van der Waals surface area (Å²) in [6.07, 6.45) is 6.97. The Morgan fingerprint density at radius 1 is 1.53 bits per heavy atom. The zero-order valence-corrected chi connectivity index (χ0v) is 12.5. The molecule has 0 saturated carbocycles. The Hall–Kier alpha value is -1.05. The summed E-state index contributed by atoms with van der Waals surface area (Å²) in [5.41, 5.74) is 0. The second-order valence-corrected chi connectivity index (χ2v) is 4.98. The van der Waals surface area contributed by atoms with Crippen molar-refractivity contribution in [2.45, 2.75) is 25.5 Å². The highest BCUT2D eigenvalue weighted by atomic mass is 79.9. The number of hydrogen-bond acceptors (Lipinski definition) is 4. The fourth-order valence-electron chi connectivity index (χ4n) is 2.32. The van der Waals surface area contributed by atoms with Gasteiger partial charge in [0.15, 0.2) is 18.6 Å². The fraction of sp³-hybridized carbons (Fsp3) is 0.583. The summed E-state index contributed by atoms with van der Waals surface area (Å²) in [5, 5.41) is 12.7. The van der Waals surface area contributed by atoms with Gasteiger partial charge in [-0.25, -0.2) is 4.98 Å². The van der Waals surface area contributed by atoms with Gasteiger partial charge in [0, 0.05) is 18.8 Å². The molecule has 1 saturated heterocycles. The molecule has 1 aliphatic rings. The maximum atomic E-state index is 11.9. The summed E-state index contributed by atoms with van der Waals surface area (Å²) in [6.45, 7) is 1.09. The Balaban J connectivity index is 0.00000180. The van der Waals surface area contributed by atoms with Crippen LogP contribution in [0.1, 0.15) is 19.3 Å². The quantitative estimate of drug-likeness (QED) is 0.594. The zero-order valence-electron chi connectivity index (χ0n) is 10.9. The SMILES string of the molecule is C[N+]1(CC(=O)Nc2cnccn2)CCCCC1O.[Br-]. The lowest BCUT2D eigenvalue weighted by Gasteiger charge is -2.41. The van der Waals surface area contributed by atoms with Gasteiger partial charge < -0.3 is 27.4 Å². The second kappa shape index (κ2) is 6.93. The lowest BCUT2D eigenvalue weighted by Crippen LogP contribution is -3.00. The Kier molecular flexibility index (Phi) is 5.84. The summed E-state index contributed by atoms with van der Waals surface area (Å²) in [7, 11) is 1.92. The van der Waals surface area contributed by atoms with Crippen molar-refractivity contribution < 1.29 is 31.4 Å². The molecule has 1 aromatic heterocycles. The molecule has 0 spiro atoms. The minimum atomic E-state index is -0.452. The van der Waals surface area contributed by atoms with Crippen LogP contribution in [0, 0.1) is 0 Å². The number of hydrogen-bond donors (Lipinski definition) is 2. The third-order valence-corrected chi connectivity index (χ3v) is 3.44. The highest BCUT2D eigenvalue weighted by Crippen LogP contribution is 2.21. The van der Waals surface area contributed by atoms with E-state index >= 15 is 0 Å². The third kappa shape index (κ3) is 4.22. The van der Waals surface area contributed by atoms with Gasteiger partial charge in [0.2, 0.25) is 0 Å². The minimum absolute atomic E-state index is 0. The van der Waals surface area contributed by atoms with Crippen molar-refractivity contribution in [1.82, 2.24) is 9.97 Å². The number of nitrogens with one attached hydrogen (secondary N) is 1. The van der Waals surface area contributed by atoms with E-state index in [0.717, 1.165) is 25.8 Å². The molecule has 1 aromatic rings. The second-order valence-electron chi connectivity index (χ2n) is 4.98. The Bertz CT molecular complexity index is 417. The van der Waals surface area contributed by atoms with Crippen LogP contribution in [0.3, 0.4) is 0 Å². The number of likely N-dealkylation sites (tertiary alicyclic amines) is 1. The monoisotopic (exact) mass is 330 g/mol. The van der Waals surface area contributed by atoms with Gasteiger partial charge in [-0.2, -0.15) is 0 Å². The van der Waals surface area contributed by atoms with Crippen molar-refractivity contribution in [2.24, 2.45) is 0 Å². The van der Waals surface area contributed by atoms with E-state index in [1.54, 1.807) is 6.20 Å². The molecular formula is C12H19BrN4O2. The molecule has 1 fully saturated rings. The van der Waals surface area contributed by atoms with Crippen LogP contribution in [0.5, 0.6) is 0 Å². The van der Waals surface area contributed by atoms with Crippen LogP contribution in [-0.2, 0) is 4.79 Å². The largest absolute Gasteiger partial charge is 1.00 e. The highest BCUT2D eigenvalue weighted by Gasteiger charge is 2.35. The smallest absolute Gasteiger partial charge is 0.280 e. The molecule has 106 valence electrons. The molecule has 0 aliphatic carbocycles. The van der Waals surface area contributed by atoms with E-state index in [-0.39, 0.29) is 29.4 Å². The number of amides is 1. The molecule has 2 unspecified atom stereocenters. The van der Waals surface area contributed by atoms with Gasteiger partial charge in [-0.05, 0) is 12.8 Å². The van der Waals surface area contributed by atoms with E-state index in [1.165, 1.54) is 12.4 Å². The minimum Gasteiger partial charge on any atom is -1.00 e. The lowest BCUT2D eigenvalue weighted by molar-refractivity contribution is -0.952. The zero-order chi connectivity index (χ0) is 13.0. The third-order valence-electron chi connectivity index (χ3n) is 3.44. The van der Waals surface area contributed by atoms with Crippen LogP contribution < -0.4 is 22.3 Å². The van der Waals surface area contributed by atoms with Gasteiger partial charge in [0.25, 0.3) is 5.91 Å². The van der Waals surface area contributed by atoms with E-state index in [1.807, 2.05) is 7.05 Å². The van der Waals surface area contributed by atoms with E-state index < -0.39 is 6.23 Å². The number of halogens is 1. The number of piperidine rings is 1. The highest BCUT2D eigenvalue weighted by molar-refractivity contribution is 5.90. The van der Waals surface area contributed by atoms with Crippen LogP contribution >= 0.6 is 0 Å². The first kappa shape index (κ1) is 16.0. The Morgan fingerprint density at radius 3 is 2.95 bits per heavy atom. The number of likely N-dealkylation sites (N-methyl/N-ethyl adjacent to an activating group) is 1. The number of carbonyl (C=O) groups excluding carboxylic acids is 1. The summed E-state index contributed by atoms with van der Waals surface area (Å²) < 4.78 is 0.381. The normalized spacial score (nSPS) is 26.3. The average molecular weight is 331 g/mol. The van der Waals surface area contributed by atoms with Crippen molar-refractivity contribution in [3.05, 3.63) is 18.6 Å². The summed E-state index contributed by atoms with van der Waals surface area (Å²) in [6, 6.07) is 0. The first-order chi connectivity index (χ1) is 8.60. The van der Waals surface area contributed by atoms with Gasteiger partial charge in [-0.1, -0.05) is 0 Å². The number of quaternary nitrogens is 1. The molecule has 2 N–H and O–H groups in total. The van der Waals surface area contributed by atoms with Gasteiger partial charge in [-0.3, -0.25) is 14.3 Å². The van der Waals surface area contributed by atoms with E-state index in [4.69, 9.17) is 0 Å². The molecule has 0 bridgehead atoms. The Labute approximate surface area is 123 Å². The van der Waals surface area contributed by atoms with Crippen molar-refractivity contribution >= 4 is 11.7 Å². The molecule has 1 aliphatic heterocycles. The number of anilines is 1. The van der Waals surface area contributed by atoms with Gasteiger partial charge >= 0.3 is 0 Å². The fourth-order valence-corrected chi connectivity index (χ4v) is 2.32. The number of carbonyl (C=O) groups is 1. The Morgan fingerprint density at radius 2 is 2.32 bits per heavy atom. The molecule has 0 aromatic carbocycles. The van der Waals surface area contributed by atoms with Crippen molar-refractivity contribution in [1.29, 1.82) is 0 Å². The summed E-state index contributed by atoms with van der Waals surface area (Å²) in [4.78, 5) is 19.8. The predicted octanol–water partition coefficient (Wildman–Crippen LogP) is -2.63. The van der Waals surface area contributed by atoms with Crippen LogP contribution in [0.4, 0.5) is 5.82 Å². The summed E-state index contributed by atoms with van der Waals surface area (Å²) >= 11 is 0. The number of aromatic nitrogens is 2. The molecule has 2 rings (SSSR count). The van der Waals surface area contributed by atoms with Crippen molar-refractivity contribution in [3.63, 3.8) is 0 Å². The molecule has 19 heavy (non-hydrogen) atoms. The first-order valence-electron chi connectivity index (χ1n) is 6.18. The molecule has 7 heteroatoms. The number of aliphatic hydroxyl groups excluding tert-OH is 1. The van der Waals surface area contributed by atoms with Crippen LogP contribution in [0.25, 0.3) is 0 Å². The van der Waals surface area contributed by atoms with Crippen LogP contribution in [0.2, 0.25) is 0 Å². The molecule has 0 radical (unpaired) electrons. The number of rotatable bonds is 3. The average Bonchev–Trinajstić information content (AvgIpc) is 2.34. The predicted molar refractivity (Wildman–Crippen MR) is 66.4 cm³/mol. The van der Waals surface area contributed by atoms with Gasteiger partial charge in [-0.15, -0.1) is 0 Å². The maximum absolute atomic E-state index is 11.9. The lowest BCUT2D eigenvalue weighted by atomic mass is 10.1. The van der Waals surface area contributed by atoms with E-state index in [2.05, 4.69) is 15.3 Å². The van der Waals surface area contributed by atoms with Crippen LogP contribution in [-0.4, -0.2) is 51.8 Å². The van der Waals surface area contributed by atoms with Crippen molar-refractivity contribution in [2.75, 3.05) is 25.5 Å². The molecule has 6 nitrogen and oxygen atoms in total. The van der Waals surface area contributed by atoms with E-state index in [0.29, 0.717) is 10.3 Å². The molecular weight excluding hydrogens is 312 g/mol. The van der Waals surface area contributed by atoms with Crippen LogP contribution in [0.15, 0.2) is 18.6 Å². The van der Waals surface area contributed by atoms with Gasteiger partial charge in [0.1, 0.15) is 0 Å². The first-order valence-corrected chi connectivity index (χ1v) is 6.18. The molecule has 2 heterocycles. The maximum Gasteiger partial charge on any atom is 0.280 e. The molecule has 1 amide bonds. The van der Waals surface area contributed by atoms with Gasteiger partial charge in [0.05, 0.1) is 19.8 Å². The molecule has 2 atom stereocenters. The van der Waals surface area contributed by atoms with E-state index in [9.17, 15) is 9.90 Å². The number of nitrogens with zero attached hydrogens (tertiary/aromatic N) is 3. The standard InChI is InChI=1S/C12H18N4O2.BrH/c1-16(7-3-2-4-12(16)18)9-11(17)15-10-8-13-5-6-14-10;/h5-6,8,12,18H,2-4,7,9H2,1H3;1H. The summed E-state index contributed by atoms with van der Waals surface area (Å²) in [5.74, 6) is 0.305. The topological polar surface area (TPSA) is 75.1 Å². The van der Waals surface area contributed by atoms with Crippen molar-refractivity contribution in [3.8, 4) is 0 Å². The number of aliphatic hydroxyl groups is 1.